The minimum atomic E-state index is -0.479. The molecule has 5 heteroatoms. The molecule has 1 heterocycles. The lowest BCUT2D eigenvalue weighted by Gasteiger charge is -1.99. The van der Waals surface area contributed by atoms with Crippen molar-refractivity contribution in [3.63, 3.8) is 0 Å². The number of ether oxygens (including phenoxy) is 1. The molecule has 0 spiro atoms. The number of methoxy groups -OCH3 is 1. The van der Waals surface area contributed by atoms with E-state index in [0.29, 0.717) is 9.63 Å². The molecule has 0 saturated carbocycles. The fourth-order valence-electron chi connectivity index (χ4n) is 0.636. The Morgan fingerprint density at radius 1 is 1.67 bits per heavy atom. The predicted molar refractivity (Wildman–Crippen MR) is 48.3 cm³/mol. The first-order valence-corrected chi connectivity index (χ1v) is 4.22. The summed E-state index contributed by atoms with van der Waals surface area (Å²) in [6.07, 6.45) is 0. The molecule has 0 unspecified atom stereocenters. The molecular formula is C7H5BrClNO2. The van der Waals surface area contributed by atoms with E-state index < -0.39 is 5.97 Å². The van der Waals surface area contributed by atoms with Crippen molar-refractivity contribution in [2.45, 2.75) is 0 Å². The van der Waals surface area contributed by atoms with Gasteiger partial charge in [-0.15, -0.1) is 0 Å². The van der Waals surface area contributed by atoms with Gasteiger partial charge in [0.25, 0.3) is 0 Å². The van der Waals surface area contributed by atoms with Gasteiger partial charge in [0, 0.05) is 0 Å². The summed E-state index contributed by atoms with van der Waals surface area (Å²) in [4.78, 5) is 14.8. The second kappa shape index (κ2) is 3.87. The van der Waals surface area contributed by atoms with Crippen molar-refractivity contribution < 1.29 is 9.53 Å². The summed E-state index contributed by atoms with van der Waals surface area (Å²) in [5, 5.41) is 0.461. The van der Waals surface area contributed by atoms with Crippen LogP contribution in [0.4, 0.5) is 0 Å². The van der Waals surface area contributed by atoms with Gasteiger partial charge in [-0.3, -0.25) is 0 Å². The maximum absolute atomic E-state index is 10.9. The summed E-state index contributed by atoms with van der Waals surface area (Å²) in [6, 6.07) is 3.07. The van der Waals surface area contributed by atoms with E-state index in [-0.39, 0.29) is 5.69 Å². The van der Waals surface area contributed by atoms with E-state index in [4.69, 9.17) is 11.6 Å². The normalized spacial score (nSPS) is 9.58. The van der Waals surface area contributed by atoms with E-state index in [0.717, 1.165) is 0 Å². The standard InChI is InChI=1S/C7H5BrClNO2/c1-12-7(11)5-3-2-4(9)6(8)10-5/h2-3H,1H3. The second-order valence-electron chi connectivity index (χ2n) is 1.96. The number of halogens is 2. The molecule has 0 bridgehead atoms. The Morgan fingerprint density at radius 2 is 2.33 bits per heavy atom. The maximum atomic E-state index is 10.9. The number of hydrogen-bond donors (Lipinski definition) is 0. The fourth-order valence-corrected chi connectivity index (χ4v) is 1.06. The molecule has 64 valence electrons. The molecule has 1 aromatic rings. The zero-order valence-corrected chi connectivity index (χ0v) is 8.52. The van der Waals surface area contributed by atoms with Crippen molar-refractivity contribution in [2.24, 2.45) is 0 Å². The van der Waals surface area contributed by atoms with Crippen LogP contribution >= 0.6 is 27.5 Å². The van der Waals surface area contributed by atoms with E-state index in [2.05, 4.69) is 25.7 Å². The van der Waals surface area contributed by atoms with Crippen molar-refractivity contribution in [2.75, 3.05) is 7.11 Å². The van der Waals surface area contributed by atoms with Crippen LogP contribution in [-0.2, 0) is 4.74 Å². The van der Waals surface area contributed by atoms with E-state index >= 15 is 0 Å². The topological polar surface area (TPSA) is 39.2 Å². The van der Waals surface area contributed by atoms with Gasteiger partial charge in [-0.1, -0.05) is 11.6 Å². The molecule has 0 atom stereocenters. The van der Waals surface area contributed by atoms with Crippen LogP contribution < -0.4 is 0 Å². The molecule has 0 aliphatic carbocycles. The van der Waals surface area contributed by atoms with E-state index in [1.807, 2.05) is 0 Å². The van der Waals surface area contributed by atoms with Crippen LogP contribution in [0.5, 0.6) is 0 Å². The molecule has 0 N–H and O–H groups in total. The number of rotatable bonds is 1. The van der Waals surface area contributed by atoms with Crippen LogP contribution in [0.1, 0.15) is 10.5 Å². The van der Waals surface area contributed by atoms with Crippen molar-refractivity contribution in [3.05, 3.63) is 27.5 Å². The highest BCUT2D eigenvalue weighted by Gasteiger charge is 2.08. The van der Waals surface area contributed by atoms with Crippen LogP contribution in [0.3, 0.4) is 0 Å². The fraction of sp³-hybridized carbons (Fsp3) is 0.143. The van der Waals surface area contributed by atoms with E-state index in [1.54, 1.807) is 6.07 Å². The number of carbonyl (C=O) groups excluding carboxylic acids is 1. The molecule has 12 heavy (non-hydrogen) atoms. The highest BCUT2D eigenvalue weighted by atomic mass is 79.9. The minimum absolute atomic E-state index is 0.230. The molecule has 0 aliphatic heterocycles. The van der Waals surface area contributed by atoms with Crippen molar-refractivity contribution >= 4 is 33.5 Å². The highest BCUT2D eigenvalue weighted by Crippen LogP contribution is 2.19. The van der Waals surface area contributed by atoms with Crippen molar-refractivity contribution in [1.29, 1.82) is 0 Å². The average molecular weight is 250 g/mol. The summed E-state index contributed by atoms with van der Waals surface area (Å²) >= 11 is 8.76. The lowest BCUT2D eigenvalue weighted by atomic mass is 10.3. The summed E-state index contributed by atoms with van der Waals surface area (Å²) < 4.78 is 4.90. The third kappa shape index (κ3) is 1.95. The first kappa shape index (κ1) is 9.48. The molecule has 1 aromatic heterocycles. The second-order valence-corrected chi connectivity index (χ2v) is 3.12. The van der Waals surface area contributed by atoms with Gasteiger partial charge in [0.05, 0.1) is 12.1 Å². The van der Waals surface area contributed by atoms with Crippen LogP contribution in [0.15, 0.2) is 16.7 Å². The SMILES string of the molecule is COC(=O)c1ccc(Cl)c(Br)n1. The Hall–Kier alpha value is -0.610. The highest BCUT2D eigenvalue weighted by molar-refractivity contribution is 9.10. The molecule has 0 aliphatic rings. The van der Waals surface area contributed by atoms with Gasteiger partial charge in [-0.05, 0) is 28.1 Å². The summed E-state index contributed by atoms with van der Waals surface area (Å²) in [6.45, 7) is 0. The molecule has 0 radical (unpaired) electrons. The van der Waals surface area contributed by atoms with E-state index in [1.165, 1.54) is 13.2 Å². The van der Waals surface area contributed by atoms with Gasteiger partial charge in [0.2, 0.25) is 0 Å². The number of aromatic nitrogens is 1. The Bertz CT molecular complexity index is 316. The summed E-state index contributed by atoms with van der Waals surface area (Å²) in [5.41, 5.74) is 0.230. The third-order valence-corrected chi connectivity index (χ3v) is 2.34. The number of nitrogens with zero attached hydrogens (tertiary/aromatic N) is 1. The summed E-state index contributed by atoms with van der Waals surface area (Å²) in [7, 11) is 1.30. The van der Waals surface area contributed by atoms with Crippen LogP contribution in [0.25, 0.3) is 0 Å². The zero-order chi connectivity index (χ0) is 9.14. The molecule has 0 saturated heterocycles. The largest absolute Gasteiger partial charge is 0.464 e. The molecular weight excluding hydrogens is 245 g/mol. The Labute approximate surface area is 82.8 Å². The molecule has 3 nitrogen and oxygen atoms in total. The Morgan fingerprint density at radius 3 is 2.83 bits per heavy atom. The number of hydrogen-bond acceptors (Lipinski definition) is 3. The van der Waals surface area contributed by atoms with Gasteiger partial charge in [0.1, 0.15) is 10.3 Å². The third-order valence-electron chi connectivity index (χ3n) is 1.20. The Balaban J connectivity index is 3.05. The lowest BCUT2D eigenvalue weighted by molar-refractivity contribution is 0.0594. The van der Waals surface area contributed by atoms with Crippen LogP contribution in [0, 0.1) is 0 Å². The first-order valence-electron chi connectivity index (χ1n) is 3.05. The summed E-state index contributed by atoms with van der Waals surface area (Å²) in [5.74, 6) is -0.479. The number of esters is 1. The van der Waals surface area contributed by atoms with E-state index in [9.17, 15) is 4.79 Å². The Kier molecular flexibility index (Phi) is 3.05. The number of carbonyl (C=O) groups is 1. The lowest BCUT2D eigenvalue weighted by Crippen LogP contribution is -2.03. The van der Waals surface area contributed by atoms with Gasteiger partial charge in [-0.2, -0.15) is 0 Å². The zero-order valence-electron chi connectivity index (χ0n) is 6.17. The van der Waals surface area contributed by atoms with Crippen LogP contribution in [-0.4, -0.2) is 18.1 Å². The maximum Gasteiger partial charge on any atom is 0.356 e. The number of pyridine rings is 1. The van der Waals surface area contributed by atoms with Gasteiger partial charge < -0.3 is 4.74 Å². The van der Waals surface area contributed by atoms with Gasteiger partial charge in [-0.25, -0.2) is 9.78 Å². The van der Waals surface area contributed by atoms with Crippen LogP contribution in [0.2, 0.25) is 5.02 Å². The van der Waals surface area contributed by atoms with Crippen molar-refractivity contribution in [1.82, 2.24) is 4.98 Å². The molecule has 0 amide bonds. The molecule has 1 rings (SSSR count). The minimum Gasteiger partial charge on any atom is -0.464 e. The van der Waals surface area contributed by atoms with Gasteiger partial charge in [0.15, 0.2) is 0 Å². The molecule has 0 fully saturated rings. The first-order chi connectivity index (χ1) is 5.65. The van der Waals surface area contributed by atoms with Gasteiger partial charge >= 0.3 is 5.97 Å². The predicted octanol–water partition coefficient (Wildman–Crippen LogP) is 2.28. The van der Waals surface area contributed by atoms with Crippen molar-refractivity contribution in [3.8, 4) is 0 Å². The quantitative estimate of drug-likeness (QED) is 0.567. The average Bonchev–Trinajstić information content (AvgIpc) is 2.08. The molecule has 0 aromatic carbocycles. The monoisotopic (exact) mass is 249 g/mol. The smallest absolute Gasteiger partial charge is 0.356 e.